The predicted octanol–water partition coefficient (Wildman–Crippen LogP) is 3.88. The summed E-state index contributed by atoms with van der Waals surface area (Å²) in [7, 11) is 0. The standard InChI is InChI=1S/C19H26ClN5S/c1-15-6-7-16(20)13-17(15)23-11-9-22(10-12-23)14-25-19(26)24-8-4-2-3-5-18(24)21-25/h6-7,13H,2-5,8-12,14H2,1H3. The van der Waals surface area contributed by atoms with Crippen LogP contribution in [0.1, 0.15) is 30.7 Å². The normalized spacial score (nSPS) is 18.6. The molecule has 0 unspecified atom stereocenters. The number of hydrogen-bond acceptors (Lipinski definition) is 4. The van der Waals surface area contributed by atoms with Crippen LogP contribution in [0.2, 0.25) is 5.02 Å². The topological polar surface area (TPSA) is 29.2 Å². The summed E-state index contributed by atoms with van der Waals surface area (Å²) in [6, 6.07) is 6.14. The average molecular weight is 392 g/mol. The molecule has 2 aliphatic rings. The van der Waals surface area contributed by atoms with Gasteiger partial charge in [0, 0.05) is 49.9 Å². The Morgan fingerprint density at radius 1 is 1.08 bits per heavy atom. The Morgan fingerprint density at radius 2 is 1.88 bits per heavy atom. The van der Waals surface area contributed by atoms with Crippen molar-refractivity contribution in [2.24, 2.45) is 0 Å². The summed E-state index contributed by atoms with van der Waals surface area (Å²) in [4.78, 5) is 4.87. The first-order valence-electron chi connectivity index (χ1n) is 9.52. The van der Waals surface area contributed by atoms with Crippen LogP contribution in [-0.2, 0) is 19.6 Å². The highest BCUT2D eigenvalue weighted by atomic mass is 35.5. The number of aryl methyl sites for hydroxylation is 2. The van der Waals surface area contributed by atoms with E-state index in [1.807, 2.05) is 10.7 Å². The number of nitrogens with zero attached hydrogens (tertiary/aromatic N) is 5. The molecule has 1 saturated heterocycles. The molecule has 140 valence electrons. The van der Waals surface area contributed by atoms with Crippen LogP contribution < -0.4 is 4.90 Å². The molecule has 0 atom stereocenters. The molecular formula is C19H26ClN5S. The molecule has 26 heavy (non-hydrogen) atoms. The Bertz CT molecular complexity index is 835. The van der Waals surface area contributed by atoms with Crippen LogP contribution >= 0.6 is 23.8 Å². The fraction of sp³-hybridized carbons (Fsp3) is 0.579. The minimum absolute atomic E-state index is 0.793. The molecule has 0 spiro atoms. The van der Waals surface area contributed by atoms with E-state index in [-0.39, 0.29) is 0 Å². The number of rotatable bonds is 3. The zero-order valence-corrected chi connectivity index (χ0v) is 16.9. The number of aromatic nitrogens is 3. The zero-order chi connectivity index (χ0) is 18.1. The summed E-state index contributed by atoms with van der Waals surface area (Å²) < 4.78 is 5.15. The van der Waals surface area contributed by atoms with E-state index < -0.39 is 0 Å². The van der Waals surface area contributed by atoms with E-state index >= 15 is 0 Å². The minimum Gasteiger partial charge on any atom is -0.369 e. The fourth-order valence-corrected chi connectivity index (χ4v) is 4.42. The molecule has 0 aliphatic carbocycles. The van der Waals surface area contributed by atoms with Crippen LogP contribution in [0.3, 0.4) is 0 Å². The lowest BCUT2D eigenvalue weighted by Crippen LogP contribution is -2.47. The van der Waals surface area contributed by atoms with Gasteiger partial charge in [-0.1, -0.05) is 24.1 Å². The quantitative estimate of drug-likeness (QED) is 0.742. The SMILES string of the molecule is Cc1ccc(Cl)cc1N1CCN(Cn2nc3n(c2=S)CCCCC3)CC1. The third kappa shape index (κ3) is 3.68. The van der Waals surface area contributed by atoms with Crippen LogP contribution in [0.4, 0.5) is 5.69 Å². The van der Waals surface area contributed by atoms with Gasteiger partial charge in [-0.05, 0) is 49.7 Å². The highest BCUT2D eigenvalue weighted by Gasteiger charge is 2.21. The monoisotopic (exact) mass is 391 g/mol. The highest BCUT2D eigenvalue weighted by molar-refractivity contribution is 7.71. The molecule has 0 bridgehead atoms. The summed E-state index contributed by atoms with van der Waals surface area (Å²) in [5.74, 6) is 1.17. The fourth-order valence-electron chi connectivity index (χ4n) is 3.96. The summed E-state index contributed by atoms with van der Waals surface area (Å²) in [6.07, 6.45) is 4.77. The van der Waals surface area contributed by atoms with E-state index in [4.69, 9.17) is 28.9 Å². The van der Waals surface area contributed by atoms with E-state index in [0.29, 0.717) is 0 Å². The zero-order valence-electron chi connectivity index (χ0n) is 15.3. The van der Waals surface area contributed by atoms with Gasteiger partial charge in [-0.15, -0.1) is 0 Å². The molecule has 0 saturated carbocycles. The molecule has 2 aromatic rings. The summed E-state index contributed by atoms with van der Waals surface area (Å²) >= 11 is 11.9. The first-order valence-corrected chi connectivity index (χ1v) is 10.3. The molecule has 0 N–H and O–H groups in total. The maximum atomic E-state index is 6.19. The van der Waals surface area contributed by atoms with Crippen molar-refractivity contribution in [3.8, 4) is 0 Å². The van der Waals surface area contributed by atoms with Crippen molar-refractivity contribution in [3.63, 3.8) is 0 Å². The molecule has 0 radical (unpaired) electrons. The van der Waals surface area contributed by atoms with E-state index in [1.165, 1.54) is 36.3 Å². The Kier molecular flexibility index (Phi) is 5.34. The third-order valence-corrected chi connectivity index (χ3v) is 6.17. The molecular weight excluding hydrogens is 366 g/mol. The maximum Gasteiger partial charge on any atom is 0.199 e. The number of halogens is 1. The van der Waals surface area contributed by atoms with Crippen molar-refractivity contribution in [2.45, 2.75) is 45.8 Å². The van der Waals surface area contributed by atoms with Gasteiger partial charge < -0.3 is 9.47 Å². The van der Waals surface area contributed by atoms with Gasteiger partial charge in [-0.2, -0.15) is 5.10 Å². The number of benzene rings is 1. The van der Waals surface area contributed by atoms with Crippen LogP contribution in [0.5, 0.6) is 0 Å². The molecule has 7 heteroatoms. The summed E-state index contributed by atoms with van der Waals surface area (Å²) in [5.41, 5.74) is 2.53. The number of hydrogen-bond donors (Lipinski definition) is 0. The van der Waals surface area contributed by atoms with E-state index in [9.17, 15) is 0 Å². The van der Waals surface area contributed by atoms with Crippen molar-refractivity contribution in [1.82, 2.24) is 19.2 Å². The van der Waals surface area contributed by atoms with Gasteiger partial charge in [0.15, 0.2) is 4.77 Å². The van der Waals surface area contributed by atoms with Crippen molar-refractivity contribution in [3.05, 3.63) is 39.4 Å². The van der Waals surface area contributed by atoms with Gasteiger partial charge in [-0.25, -0.2) is 4.68 Å². The van der Waals surface area contributed by atoms with Gasteiger partial charge in [-0.3, -0.25) is 4.90 Å². The predicted molar refractivity (Wildman–Crippen MR) is 109 cm³/mol. The Labute approximate surface area is 165 Å². The average Bonchev–Trinajstić information content (AvgIpc) is 2.81. The molecule has 4 rings (SSSR count). The second-order valence-electron chi connectivity index (χ2n) is 7.34. The third-order valence-electron chi connectivity index (χ3n) is 5.50. The van der Waals surface area contributed by atoms with Crippen molar-refractivity contribution < 1.29 is 0 Å². The Morgan fingerprint density at radius 3 is 2.69 bits per heavy atom. The molecule has 1 aromatic carbocycles. The Balaban J connectivity index is 1.41. The first kappa shape index (κ1) is 18.0. The second kappa shape index (κ2) is 7.71. The molecule has 5 nitrogen and oxygen atoms in total. The van der Waals surface area contributed by atoms with E-state index in [2.05, 4.69) is 33.4 Å². The number of fused-ring (bicyclic) bond motifs is 1. The van der Waals surface area contributed by atoms with Crippen molar-refractivity contribution in [2.75, 3.05) is 31.1 Å². The second-order valence-corrected chi connectivity index (χ2v) is 8.14. The van der Waals surface area contributed by atoms with E-state index in [1.54, 1.807) is 0 Å². The van der Waals surface area contributed by atoms with Gasteiger partial charge in [0.2, 0.25) is 0 Å². The van der Waals surface area contributed by atoms with E-state index in [0.717, 1.165) is 55.6 Å². The number of piperazine rings is 1. The van der Waals surface area contributed by atoms with Crippen LogP contribution in [0.15, 0.2) is 18.2 Å². The smallest absolute Gasteiger partial charge is 0.199 e. The largest absolute Gasteiger partial charge is 0.369 e. The molecule has 3 heterocycles. The summed E-state index contributed by atoms with van der Waals surface area (Å²) in [6.45, 7) is 7.99. The van der Waals surface area contributed by atoms with Crippen LogP contribution in [0, 0.1) is 11.7 Å². The van der Waals surface area contributed by atoms with Crippen LogP contribution in [-0.4, -0.2) is 45.4 Å². The highest BCUT2D eigenvalue weighted by Crippen LogP contribution is 2.25. The molecule has 1 aromatic heterocycles. The minimum atomic E-state index is 0.793. The summed E-state index contributed by atoms with van der Waals surface area (Å²) in [5, 5.41) is 5.61. The van der Waals surface area contributed by atoms with Crippen LogP contribution in [0.25, 0.3) is 0 Å². The van der Waals surface area contributed by atoms with Gasteiger partial charge in [0.05, 0.1) is 6.67 Å². The maximum absolute atomic E-state index is 6.19. The van der Waals surface area contributed by atoms with Crippen molar-refractivity contribution >= 4 is 29.5 Å². The first-order chi connectivity index (χ1) is 12.6. The lowest BCUT2D eigenvalue weighted by Gasteiger charge is -2.36. The number of anilines is 1. The van der Waals surface area contributed by atoms with Gasteiger partial charge in [0.1, 0.15) is 5.82 Å². The Hall–Kier alpha value is -1.37. The van der Waals surface area contributed by atoms with Gasteiger partial charge in [0.25, 0.3) is 0 Å². The van der Waals surface area contributed by atoms with Gasteiger partial charge >= 0.3 is 0 Å². The molecule has 2 aliphatic heterocycles. The van der Waals surface area contributed by atoms with Crippen molar-refractivity contribution in [1.29, 1.82) is 0 Å². The molecule has 0 amide bonds. The lowest BCUT2D eigenvalue weighted by atomic mass is 10.1. The molecule has 1 fully saturated rings. The lowest BCUT2D eigenvalue weighted by molar-refractivity contribution is 0.193.